The largest absolute Gasteiger partial charge is 0.463 e. The second-order valence-electron chi connectivity index (χ2n) is 4.26. The van der Waals surface area contributed by atoms with Gasteiger partial charge in [0.15, 0.2) is 0 Å². The van der Waals surface area contributed by atoms with Gasteiger partial charge in [-0.1, -0.05) is 6.92 Å². The van der Waals surface area contributed by atoms with Gasteiger partial charge in [0.2, 0.25) is 11.9 Å². The predicted molar refractivity (Wildman–Crippen MR) is 80.8 cm³/mol. The van der Waals surface area contributed by atoms with Crippen molar-refractivity contribution in [3.05, 3.63) is 0 Å². The molecule has 0 aromatic carbocycles. The summed E-state index contributed by atoms with van der Waals surface area (Å²) < 4.78 is 10.6. The Kier molecular flexibility index (Phi) is 9.14. The molecule has 120 valence electrons. The van der Waals surface area contributed by atoms with E-state index in [1.807, 2.05) is 13.8 Å². The van der Waals surface area contributed by atoms with Crippen molar-refractivity contribution in [3.8, 4) is 6.01 Å². The Bertz CT molecular complexity index is 392. The fraction of sp³-hybridized carbons (Fsp3) is 0.769. The number of hydrogen-bond donors (Lipinski definition) is 3. The van der Waals surface area contributed by atoms with E-state index >= 15 is 0 Å². The molecule has 0 atom stereocenters. The number of aliphatic hydroxyl groups excluding tert-OH is 1. The van der Waals surface area contributed by atoms with Gasteiger partial charge in [-0.2, -0.15) is 15.0 Å². The highest BCUT2D eigenvalue weighted by atomic mass is 16.5. The summed E-state index contributed by atoms with van der Waals surface area (Å²) in [5.41, 5.74) is 0. The Morgan fingerprint density at radius 1 is 1.00 bits per heavy atom. The molecule has 0 radical (unpaired) electrons. The molecule has 0 spiro atoms. The first-order valence-corrected chi connectivity index (χ1v) is 7.35. The topological polar surface area (TPSA) is 101 Å². The number of rotatable bonds is 12. The summed E-state index contributed by atoms with van der Waals surface area (Å²) in [6.07, 6.45) is 1.69. The van der Waals surface area contributed by atoms with Gasteiger partial charge in [-0.3, -0.25) is 0 Å². The van der Waals surface area contributed by atoms with Gasteiger partial charge in [0.25, 0.3) is 0 Å². The van der Waals surface area contributed by atoms with Crippen LogP contribution in [0.1, 0.15) is 26.7 Å². The summed E-state index contributed by atoms with van der Waals surface area (Å²) in [4.78, 5) is 12.7. The molecule has 0 aliphatic heterocycles. The van der Waals surface area contributed by atoms with Crippen molar-refractivity contribution in [1.82, 2.24) is 15.0 Å². The Labute approximate surface area is 125 Å². The van der Waals surface area contributed by atoms with Crippen LogP contribution in [0.5, 0.6) is 6.01 Å². The molecule has 1 aromatic heterocycles. The predicted octanol–water partition coefficient (Wildman–Crippen LogP) is 0.903. The van der Waals surface area contributed by atoms with E-state index in [-0.39, 0.29) is 6.61 Å². The summed E-state index contributed by atoms with van der Waals surface area (Å²) in [7, 11) is 0. The van der Waals surface area contributed by atoms with Gasteiger partial charge >= 0.3 is 6.01 Å². The smallest absolute Gasteiger partial charge is 0.323 e. The van der Waals surface area contributed by atoms with Crippen LogP contribution in [0.3, 0.4) is 0 Å². The molecule has 0 bridgehead atoms. The first-order valence-electron chi connectivity index (χ1n) is 7.35. The van der Waals surface area contributed by atoms with Gasteiger partial charge in [0, 0.05) is 19.7 Å². The lowest BCUT2D eigenvalue weighted by Gasteiger charge is -2.09. The summed E-state index contributed by atoms with van der Waals surface area (Å²) in [6, 6.07) is 0.321. The second-order valence-corrected chi connectivity index (χ2v) is 4.26. The van der Waals surface area contributed by atoms with Crippen LogP contribution < -0.4 is 15.4 Å². The zero-order valence-electron chi connectivity index (χ0n) is 12.8. The quantitative estimate of drug-likeness (QED) is 0.489. The Hall–Kier alpha value is -1.67. The first-order chi connectivity index (χ1) is 10.3. The highest BCUT2D eigenvalue weighted by molar-refractivity contribution is 5.35. The lowest BCUT2D eigenvalue weighted by Crippen LogP contribution is -2.13. The van der Waals surface area contributed by atoms with Gasteiger partial charge in [-0.05, 0) is 19.8 Å². The van der Waals surface area contributed by atoms with Crippen LogP contribution in [0, 0.1) is 0 Å². The molecule has 1 rings (SSSR count). The van der Waals surface area contributed by atoms with Crippen molar-refractivity contribution in [2.24, 2.45) is 0 Å². The fourth-order valence-electron chi connectivity index (χ4n) is 1.47. The van der Waals surface area contributed by atoms with Crippen LogP contribution in [0.15, 0.2) is 0 Å². The molecule has 3 N–H and O–H groups in total. The maximum Gasteiger partial charge on any atom is 0.323 e. The summed E-state index contributed by atoms with van der Waals surface area (Å²) in [6.45, 7) is 6.97. The first kappa shape index (κ1) is 17.4. The minimum atomic E-state index is 0.0467. The zero-order chi connectivity index (χ0) is 15.3. The third-order valence-electron chi connectivity index (χ3n) is 2.37. The number of ether oxygens (including phenoxy) is 2. The van der Waals surface area contributed by atoms with E-state index in [4.69, 9.17) is 14.6 Å². The Morgan fingerprint density at radius 3 is 2.43 bits per heavy atom. The lowest BCUT2D eigenvalue weighted by molar-refractivity contribution is 0.0921. The van der Waals surface area contributed by atoms with Crippen molar-refractivity contribution in [2.45, 2.75) is 26.7 Å². The van der Waals surface area contributed by atoms with Gasteiger partial charge in [0.1, 0.15) is 0 Å². The molecular weight excluding hydrogens is 274 g/mol. The lowest BCUT2D eigenvalue weighted by atomic mass is 10.4. The van der Waals surface area contributed by atoms with Crippen LogP contribution in [0.4, 0.5) is 11.9 Å². The molecule has 0 saturated heterocycles. The van der Waals surface area contributed by atoms with Crippen LogP contribution in [0.2, 0.25) is 0 Å². The van der Waals surface area contributed by atoms with Gasteiger partial charge in [0.05, 0.1) is 19.8 Å². The third kappa shape index (κ3) is 7.62. The van der Waals surface area contributed by atoms with Crippen molar-refractivity contribution in [1.29, 1.82) is 0 Å². The maximum absolute atomic E-state index is 8.59. The van der Waals surface area contributed by atoms with Crippen LogP contribution in [-0.2, 0) is 4.74 Å². The van der Waals surface area contributed by atoms with Crippen LogP contribution in [0.25, 0.3) is 0 Å². The molecule has 0 aliphatic carbocycles. The van der Waals surface area contributed by atoms with E-state index < -0.39 is 0 Å². The van der Waals surface area contributed by atoms with E-state index in [0.717, 1.165) is 19.4 Å². The van der Waals surface area contributed by atoms with Crippen LogP contribution >= 0.6 is 0 Å². The molecule has 0 fully saturated rings. The van der Waals surface area contributed by atoms with Crippen molar-refractivity contribution >= 4 is 11.9 Å². The fourth-order valence-corrected chi connectivity index (χ4v) is 1.47. The highest BCUT2D eigenvalue weighted by Crippen LogP contribution is 2.11. The van der Waals surface area contributed by atoms with Gasteiger partial charge < -0.3 is 25.2 Å². The van der Waals surface area contributed by atoms with E-state index in [2.05, 4.69) is 25.6 Å². The minimum Gasteiger partial charge on any atom is -0.463 e. The molecule has 0 aliphatic rings. The summed E-state index contributed by atoms with van der Waals surface area (Å²) in [5.74, 6) is 0.979. The third-order valence-corrected chi connectivity index (χ3v) is 2.37. The average Bonchev–Trinajstić information content (AvgIpc) is 2.49. The van der Waals surface area contributed by atoms with Crippen molar-refractivity contribution in [2.75, 3.05) is 50.2 Å². The van der Waals surface area contributed by atoms with E-state index in [0.29, 0.717) is 44.3 Å². The number of aromatic nitrogens is 3. The molecular formula is C13H25N5O3. The average molecular weight is 299 g/mol. The molecule has 8 heteroatoms. The van der Waals surface area contributed by atoms with E-state index in [1.54, 1.807) is 0 Å². The van der Waals surface area contributed by atoms with E-state index in [1.165, 1.54) is 0 Å². The normalized spacial score (nSPS) is 10.4. The summed E-state index contributed by atoms with van der Waals surface area (Å²) >= 11 is 0. The molecule has 1 heterocycles. The van der Waals surface area contributed by atoms with E-state index in [9.17, 15) is 0 Å². The number of nitrogens with zero attached hydrogens (tertiary/aromatic N) is 3. The molecule has 8 nitrogen and oxygen atoms in total. The number of anilines is 2. The monoisotopic (exact) mass is 299 g/mol. The van der Waals surface area contributed by atoms with Crippen molar-refractivity contribution < 1.29 is 14.6 Å². The number of nitrogens with one attached hydrogen (secondary N) is 2. The Balaban J connectivity index is 2.48. The molecule has 0 amide bonds. The Morgan fingerprint density at radius 2 is 1.76 bits per heavy atom. The summed E-state index contributed by atoms with van der Waals surface area (Å²) in [5, 5.41) is 14.8. The minimum absolute atomic E-state index is 0.0467. The second kappa shape index (κ2) is 11.0. The molecule has 1 aromatic rings. The standard InChI is InChI=1S/C13H25N5O3/c1-3-8-21-13-17-11(14-4-2)16-12(18-13)15-6-5-9-20-10-7-19/h19H,3-10H2,1-2H3,(H2,14,15,16,17,18). The van der Waals surface area contributed by atoms with Gasteiger partial charge in [-0.15, -0.1) is 0 Å². The van der Waals surface area contributed by atoms with Crippen molar-refractivity contribution in [3.63, 3.8) is 0 Å². The molecule has 0 saturated carbocycles. The SMILES string of the molecule is CCCOc1nc(NCC)nc(NCCCOCCO)n1. The number of hydrogen-bond acceptors (Lipinski definition) is 8. The number of aliphatic hydroxyl groups is 1. The van der Waals surface area contributed by atoms with Gasteiger partial charge in [-0.25, -0.2) is 0 Å². The zero-order valence-corrected chi connectivity index (χ0v) is 12.8. The highest BCUT2D eigenvalue weighted by Gasteiger charge is 2.06. The maximum atomic E-state index is 8.59. The van der Waals surface area contributed by atoms with Crippen LogP contribution in [-0.4, -0.2) is 59.6 Å². The molecule has 21 heavy (non-hydrogen) atoms. The molecule has 0 unspecified atom stereocenters.